The van der Waals surface area contributed by atoms with Crippen molar-refractivity contribution in [3.8, 4) is 0 Å². The van der Waals surface area contributed by atoms with Crippen molar-refractivity contribution in [2.45, 2.75) is 70.8 Å². The molecule has 1 heterocycles. The van der Waals surface area contributed by atoms with Gasteiger partial charge in [0.05, 0.1) is 6.10 Å². The Morgan fingerprint density at radius 3 is 2.93 bits per heavy atom. The molecule has 0 N–H and O–H groups in total. The summed E-state index contributed by atoms with van der Waals surface area (Å²) >= 11 is 5.15. The van der Waals surface area contributed by atoms with Gasteiger partial charge in [-0.3, -0.25) is 0 Å². The SMILES string of the molecule is CCCCCCC1CCCCC(=S)O1. The van der Waals surface area contributed by atoms with Gasteiger partial charge in [0.1, 0.15) is 0 Å². The molecule has 2 heteroatoms. The van der Waals surface area contributed by atoms with E-state index < -0.39 is 0 Å². The number of ether oxygens (including phenoxy) is 1. The Hall–Kier alpha value is -0.110. The summed E-state index contributed by atoms with van der Waals surface area (Å²) in [6, 6.07) is 0. The van der Waals surface area contributed by atoms with E-state index >= 15 is 0 Å². The minimum absolute atomic E-state index is 0.432. The fourth-order valence-electron chi connectivity index (χ4n) is 1.95. The Balaban J connectivity index is 2.12. The van der Waals surface area contributed by atoms with Crippen LogP contribution in [0.25, 0.3) is 0 Å². The van der Waals surface area contributed by atoms with Crippen LogP contribution < -0.4 is 0 Å². The molecule has 1 rings (SSSR count). The fraction of sp³-hybridized carbons (Fsp3) is 0.917. The highest BCUT2D eigenvalue weighted by Gasteiger charge is 2.15. The van der Waals surface area contributed by atoms with E-state index in [0.717, 1.165) is 11.5 Å². The Labute approximate surface area is 93.2 Å². The molecule has 1 aliphatic heterocycles. The summed E-state index contributed by atoms with van der Waals surface area (Å²) in [6.07, 6.45) is 11.7. The summed E-state index contributed by atoms with van der Waals surface area (Å²) in [6.45, 7) is 2.25. The zero-order valence-corrected chi connectivity index (χ0v) is 10.1. The maximum Gasteiger partial charge on any atom is 0.160 e. The molecule has 14 heavy (non-hydrogen) atoms. The minimum Gasteiger partial charge on any atom is -0.484 e. The van der Waals surface area contributed by atoms with Gasteiger partial charge in [-0.15, -0.1) is 0 Å². The Morgan fingerprint density at radius 1 is 1.29 bits per heavy atom. The van der Waals surface area contributed by atoms with Crippen molar-refractivity contribution >= 4 is 17.3 Å². The van der Waals surface area contributed by atoms with Crippen LogP contribution in [-0.4, -0.2) is 11.2 Å². The van der Waals surface area contributed by atoms with E-state index in [9.17, 15) is 0 Å². The summed E-state index contributed by atoms with van der Waals surface area (Å²) in [5.74, 6) is 0. The maximum absolute atomic E-state index is 5.72. The summed E-state index contributed by atoms with van der Waals surface area (Å²) in [5.41, 5.74) is 0. The van der Waals surface area contributed by atoms with Gasteiger partial charge in [0, 0.05) is 6.42 Å². The van der Waals surface area contributed by atoms with Crippen molar-refractivity contribution in [3.63, 3.8) is 0 Å². The lowest BCUT2D eigenvalue weighted by Crippen LogP contribution is -2.13. The zero-order valence-electron chi connectivity index (χ0n) is 9.26. The first-order valence-electron chi connectivity index (χ1n) is 6.02. The van der Waals surface area contributed by atoms with Gasteiger partial charge in [-0.05, 0) is 44.3 Å². The van der Waals surface area contributed by atoms with E-state index in [1.165, 1.54) is 51.4 Å². The largest absolute Gasteiger partial charge is 0.484 e. The second kappa shape index (κ2) is 7.22. The molecule has 82 valence electrons. The Morgan fingerprint density at radius 2 is 2.14 bits per heavy atom. The highest BCUT2D eigenvalue weighted by Crippen LogP contribution is 2.19. The smallest absolute Gasteiger partial charge is 0.160 e. The second-order valence-electron chi connectivity index (χ2n) is 4.21. The molecule has 0 amide bonds. The third-order valence-electron chi connectivity index (χ3n) is 2.83. The molecule has 0 saturated carbocycles. The number of thiocarbonyl (C=S) groups is 1. The maximum atomic E-state index is 5.72. The van der Waals surface area contributed by atoms with Crippen LogP contribution in [0.3, 0.4) is 0 Å². The number of hydrogen-bond donors (Lipinski definition) is 0. The average Bonchev–Trinajstić information content (AvgIpc) is 2.38. The lowest BCUT2D eigenvalue weighted by Gasteiger charge is -2.15. The normalized spacial score (nSPS) is 22.9. The molecule has 1 saturated heterocycles. The third-order valence-corrected chi connectivity index (χ3v) is 3.14. The molecule has 0 bridgehead atoms. The van der Waals surface area contributed by atoms with Gasteiger partial charge < -0.3 is 4.74 Å². The van der Waals surface area contributed by atoms with Crippen LogP contribution >= 0.6 is 12.2 Å². The fourth-order valence-corrected chi connectivity index (χ4v) is 2.23. The highest BCUT2D eigenvalue weighted by molar-refractivity contribution is 7.80. The molecule has 1 aliphatic rings. The first kappa shape index (κ1) is 12.0. The molecule has 0 aromatic carbocycles. The van der Waals surface area contributed by atoms with E-state index in [1.807, 2.05) is 0 Å². The molecular weight excluding hydrogens is 192 g/mol. The average molecular weight is 214 g/mol. The minimum atomic E-state index is 0.432. The summed E-state index contributed by atoms with van der Waals surface area (Å²) in [7, 11) is 0. The molecule has 0 aromatic heterocycles. The van der Waals surface area contributed by atoms with E-state index in [0.29, 0.717) is 6.10 Å². The number of rotatable bonds is 5. The summed E-state index contributed by atoms with van der Waals surface area (Å²) in [4.78, 5) is 0. The van der Waals surface area contributed by atoms with E-state index in [2.05, 4.69) is 6.92 Å². The standard InChI is InChI=1S/C12H22OS/c1-2-3-4-5-8-11-9-6-7-10-12(14)13-11/h11H,2-10H2,1H3. The molecule has 1 nitrogen and oxygen atoms in total. The molecule has 0 aromatic rings. The van der Waals surface area contributed by atoms with Gasteiger partial charge >= 0.3 is 0 Å². The van der Waals surface area contributed by atoms with Crippen LogP contribution in [0.15, 0.2) is 0 Å². The van der Waals surface area contributed by atoms with Gasteiger partial charge in [-0.25, -0.2) is 0 Å². The van der Waals surface area contributed by atoms with Crippen molar-refractivity contribution in [1.82, 2.24) is 0 Å². The van der Waals surface area contributed by atoms with Crippen LogP contribution in [0.4, 0.5) is 0 Å². The molecule has 0 radical (unpaired) electrons. The van der Waals surface area contributed by atoms with Crippen LogP contribution in [0.1, 0.15) is 64.7 Å². The van der Waals surface area contributed by atoms with Crippen molar-refractivity contribution in [3.05, 3.63) is 0 Å². The quantitative estimate of drug-likeness (QED) is 0.500. The van der Waals surface area contributed by atoms with E-state index in [-0.39, 0.29) is 0 Å². The predicted molar refractivity (Wildman–Crippen MR) is 64.7 cm³/mol. The van der Waals surface area contributed by atoms with E-state index in [4.69, 9.17) is 17.0 Å². The van der Waals surface area contributed by atoms with Gasteiger partial charge in [-0.2, -0.15) is 0 Å². The van der Waals surface area contributed by atoms with Gasteiger partial charge in [0.25, 0.3) is 0 Å². The molecule has 1 fully saturated rings. The molecule has 1 unspecified atom stereocenters. The zero-order chi connectivity index (χ0) is 10.2. The Bertz CT molecular complexity index is 168. The molecule has 0 aliphatic carbocycles. The van der Waals surface area contributed by atoms with Crippen LogP contribution in [0, 0.1) is 0 Å². The van der Waals surface area contributed by atoms with Gasteiger partial charge in [0.2, 0.25) is 0 Å². The molecule has 0 spiro atoms. The second-order valence-corrected chi connectivity index (χ2v) is 4.66. The van der Waals surface area contributed by atoms with Crippen molar-refractivity contribution in [2.75, 3.05) is 0 Å². The Kier molecular flexibility index (Phi) is 6.17. The first-order chi connectivity index (χ1) is 6.83. The van der Waals surface area contributed by atoms with Crippen LogP contribution in [-0.2, 0) is 4.74 Å². The molecular formula is C12H22OS. The topological polar surface area (TPSA) is 9.23 Å². The summed E-state index contributed by atoms with van der Waals surface area (Å²) < 4.78 is 5.72. The lowest BCUT2D eigenvalue weighted by atomic mass is 10.0. The van der Waals surface area contributed by atoms with Crippen molar-refractivity contribution in [2.24, 2.45) is 0 Å². The molecule has 1 atom stereocenters. The monoisotopic (exact) mass is 214 g/mol. The summed E-state index contributed by atoms with van der Waals surface area (Å²) in [5, 5.41) is 0.850. The first-order valence-corrected chi connectivity index (χ1v) is 6.43. The van der Waals surface area contributed by atoms with Crippen molar-refractivity contribution < 1.29 is 4.74 Å². The lowest BCUT2D eigenvalue weighted by molar-refractivity contribution is 0.172. The van der Waals surface area contributed by atoms with Crippen molar-refractivity contribution in [1.29, 1.82) is 0 Å². The number of hydrogen-bond acceptors (Lipinski definition) is 2. The van der Waals surface area contributed by atoms with E-state index in [1.54, 1.807) is 0 Å². The highest BCUT2D eigenvalue weighted by atomic mass is 32.1. The van der Waals surface area contributed by atoms with Crippen LogP contribution in [0.2, 0.25) is 0 Å². The van der Waals surface area contributed by atoms with Gasteiger partial charge in [-0.1, -0.05) is 26.2 Å². The van der Waals surface area contributed by atoms with Crippen LogP contribution in [0.5, 0.6) is 0 Å². The van der Waals surface area contributed by atoms with Gasteiger partial charge in [0.15, 0.2) is 5.05 Å². The number of unbranched alkanes of at least 4 members (excludes halogenated alkanes) is 3. The third kappa shape index (κ3) is 4.94. The predicted octanol–water partition coefficient (Wildman–Crippen LogP) is 4.24.